The average Bonchev–Trinajstić information content (AvgIpc) is 3.09. The largest absolute Gasteiger partial charge is 0.355 e. The van der Waals surface area contributed by atoms with Crippen molar-refractivity contribution in [3.8, 4) is 0 Å². The summed E-state index contributed by atoms with van der Waals surface area (Å²) >= 11 is 0. The van der Waals surface area contributed by atoms with Gasteiger partial charge in [-0.2, -0.15) is 0 Å². The summed E-state index contributed by atoms with van der Waals surface area (Å²) in [6.07, 6.45) is 3.97. The molecule has 0 aromatic carbocycles. The van der Waals surface area contributed by atoms with Crippen LogP contribution in [0.1, 0.15) is 26.2 Å². The van der Waals surface area contributed by atoms with Crippen molar-refractivity contribution in [1.82, 2.24) is 35.7 Å². The van der Waals surface area contributed by atoms with E-state index in [2.05, 4.69) is 31.1 Å². The first-order chi connectivity index (χ1) is 10.6. The van der Waals surface area contributed by atoms with Gasteiger partial charge in [-0.15, -0.1) is 5.10 Å². The summed E-state index contributed by atoms with van der Waals surface area (Å²) in [6.45, 7) is 3.23. The van der Waals surface area contributed by atoms with Gasteiger partial charge in [-0.1, -0.05) is 0 Å². The number of tetrazole rings is 1. The lowest BCUT2D eigenvalue weighted by Crippen LogP contribution is -2.42. The molecule has 0 radical (unpaired) electrons. The summed E-state index contributed by atoms with van der Waals surface area (Å²) < 4.78 is 1.57. The van der Waals surface area contributed by atoms with E-state index in [9.17, 15) is 9.59 Å². The molecule has 0 bridgehead atoms. The highest BCUT2D eigenvalue weighted by Gasteiger charge is 2.31. The molecule has 0 saturated carbocycles. The fourth-order valence-corrected chi connectivity index (χ4v) is 2.72. The molecule has 9 nitrogen and oxygen atoms in total. The number of likely N-dealkylation sites (N-methyl/N-ethyl adjacent to an activating group) is 1. The Bertz CT molecular complexity index is 491. The van der Waals surface area contributed by atoms with Crippen molar-refractivity contribution < 1.29 is 9.59 Å². The molecule has 1 saturated heterocycles. The Morgan fingerprint density at radius 3 is 2.73 bits per heavy atom. The SMILES string of the molecule is CC(=O)NC[C@H]1CC[C@@H](CC(=O)NCCn2cnnn2)N1C. The summed E-state index contributed by atoms with van der Waals surface area (Å²) in [7, 11) is 2.01. The summed E-state index contributed by atoms with van der Waals surface area (Å²) in [6, 6.07) is 0.537. The maximum atomic E-state index is 12.0. The summed E-state index contributed by atoms with van der Waals surface area (Å²) in [4.78, 5) is 25.1. The molecule has 1 aromatic rings. The number of hydrogen-bond donors (Lipinski definition) is 2. The number of nitrogens with zero attached hydrogens (tertiary/aromatic N) is 5. The van der Waals surface area contributed by atoms with Crippen molar-refractivity contribution >= 4 is 11.8 Å². The van der Waals surface area contributed by atoms with E-state index < -0.39 is 0 Å². The van der Waals surface area contributed by atoms with Crippen LogP contribution in [0.25, 0.3) is 0 Å². The van der Waals surface area contributed by atoms with Gasteiger partial charge in [0.15, 0.2) is 0 Å². The van der Waals surface area contributed by atoms with Gasteiger partial charge < -0.3 is 10.6 Å². The number of hydrogen-bond acceptors (Lipinski definition) is 6. The Hall–Kier alpha value is -2.03. The molecular formula is C13H23N7O2. The van der Waals surface area contributed by atoms with Gasteiger partial charge in [0.05, 0.1) is 6.54 Å². The lowest BCUT2D eigenvalue weighted by atomic mass is 10.1. The fraction of sp³-hybridized carbons (Fsp3) is 0.769. The summed E-state index contributed by atoms with van der Waals surface area (Å²) in [5.74, 6) is 0.0160. The zero-order valence-electron chi connectivity index (χ0n) is 13.0. The maximum absolute atomic E-state index is 12.0. The highest BCUT2D eigenvalue weighted by atomic mass is 16.2. The van der Waals surface area contributed by atoms with Crippen LogP contribution in [0.4, 0.5) is 0 Å². The van der Waals surface area contributed by atoms with Gasteiger partial charge in [-0.3, -0.25) is 14.5 Å². The first-order valence-corrected chi connectivity index (χ1v) is 7.50. The number of rotatable bonds is 7. The van der Waals surface area contributed by atoms with E-state index in [1.807, 2.05) is 7.05 Å². The second-order valence-corrected chi connectivity index (χ2v) is 5.61. The lowest BCUT2D eigenvalue weighted by molar-refractivity contribution is -0.122. The van der Waals surface area contributed by atoms with E-state index in [1.54, 1.807) is 4.68 Å². The van der Waals surface area contributed by atoms with Gasteiger partial charge in [0.1, 0.15) is 6.33 Å². The first-order valence-electron chi connectivity index (χ1n) is 7.50. The molecule has 0 spiro atoms. The quantitative estimate of drug-likeness (QED) is 0.654. The van der Waals surface area contributed by atoms with E-state index in [0.29, 0.717) is 32.1 Å². The predicted molar refractivity (Wildman–Crippen MR) is 78.7 cm³/mol. The zero-order chi connectivity index (χ0) is 15.9. The molecule has 1 fully saturated rings. The maximum Gasteiger partial charge on any atom is 0.221 e. The molecule has 1 aliphatic rings. The monoisotopic (exact) mass is 309 g/mol. The van der Waals surface area contributed by atoms with E-state index in [0.717, 1.165) is 12.8 Å². The minimum absolute atomic E-state index is 0.0165. The average molecular weight is 309 g/mol. The van der Waals surface area contributed by atoms with Crippen molar-refractivity contribution in [3.05, 3.63) is 6.33 Å². The molecule has 1 aliphatic heterocycles. The number of amides is 2. The van der Waals surface area contributed by atoms with Gasteiger partial charge in [-0.25, -0.2) is 4.68 Å². The molecule has 2 heterocycles. The minimum atomic E-state index is -0.0165. The fourth-order valence-electron chi connectivity index (χ4n) is 2.72. The lowest BCUT2D eigenvalue weighted by Gasteiger charge is -2.25. The molecule has 0 aliphatic carbocycles. The topological polar surface area (TPSA) is 105 Å². The van der Waals surface area contributed by atoms with Crippen molar-refractivity contribution in [2.45, 2.75) is 44.8 Å². The smallest absolute Gasteiger partial charge is 0.221 e. The number of carbonyl (C=O) groups is 2. The van der Waals surface area contributed by atoms with E-state index in [4.69, 9.17) is 0 Å². The highest BCUT2D eigenvalue weighted by molar-refractivity contribution is 5.76. The van der Waals surface area contributed by atoms with E-state index >= 15 is 0 Å². The number of nitrogens with one attached hydrogen (secondary N) is 2. The number of likely N-dealkylation sites (tertiary alicyclic amines) is 1. The zero-order valence-corrected chi connectivity index (χ0v) is 13.0. The van der Waals surface area contributed by atoms with Crippen LogP contribution in [-0.4, -0.2) is 69.1 Å². The van der Waals surface area contributed by atoms with Crippen molar-refractivity contribution in [2.24, 2.45) is 0 Å². The van der Waals surface area contributed by atoms with Crippen molar-refractivity contribution in [3.63, 3.8) is 0 Å². The third-order valence-electron chi connectivity index (χ3n) is 4.05. The minimum Gasteiger partial charge on any atom is -0.355 e. The van der Waals surface area contributed by atoms with E-state index in [1.165, 1.54) is 13.3 Å². The Morgan fingerprint density at radius 1 is 1.27 bits per heavy atom. The molecule has 22 heavy (non-hydrogen) atoms. The first kappa shape index (κ1) is 16.3. The van der Waals surface area contributed by atoms with Crippen LogP contribution in [0.3, 0.4) is 0 Å². The molecule has 1 aromatic heterocycles. The Morgan fingerprint density at radius 2 is 2.05 bits per heavy atom. The van der Waals surface area contributed by atoms with Crippen molar-refractivity contribution in [2.75, 3.05) is 20.1 Å². The Labute approximate surface area is 129 Å². The van der Waals surface area contributed by atoms with Crippen LogP contribution in [0, 0.1) is 0 Å². The second-order valence-electron chi connectivity index (χ2n) is 5.61. The predicted octanol–water partition coefficient (Wildman–Crippen LogP) is -1.22. The van der Waals surface area contributed by atoms with Gasteiger partial charge in [-0.05, 0) is 30.3 Å². The van der Waals surface area contributed by atoms with Crippen LogP contribution in [0.2, 0.25) is 0 Å². The van der Waals surface area contributed by atoms with Gasteiger partial charge >= 0.3 is 0 Å². The van der Waals surface area contributed by atoms with Crippen LogP contribution in [0.15, 0.2) is 6.33 Å². The molecule has 9 heteroatoms. The number of carbonyl (C=O) groups excluding carboxylic acids is 2. The molecule has 2 N–H and O–H groups in total. The molecular weight excluding hydrogens is 286 g/mol. The highest BCUT2D eigenvalue weighted by Crippen LogP contribution is 2.23. The summed E-state index contributed by atoms with van der Waals surface area (Å²) in [5.41, 5.74) is 0. The third-order valence-corrected chi connectivity index (χ3v) is 4.05. The van der Waals surface area contributed by atoms with Crippen LogP contribution < -0.4 is 10.6 Å². The van der Waals surface area contributed by atoms with Gasteiger partial charge in [0.25, 0.3) is 0 Å². The molecule has 122 valence electrons. The van der Waals surface area contributed by atoms with Gasteiger partial charge in [0, 0.05) is 38.5 Å². The van der Waals surface area contributed by atoms with Crippen LogP contribution >= 0.6 is 0 Å². The number of aromatic nitrogens is 4. The molecule has 0 unspecified atom stereocenters. The molecule has 2 rings (SSSR count). The molecule has 2 amide bonds. The standard InChI is InChI=1S/C13H23N7O2/c1-10(21)15-8-12-4-3-11(19(12)2)7-13(22)14-5-6-20-9-16-17-18-20/h9,11-12H,3-8H2,1-2H3,(H,14,22)(H,15,21)/t11-,12+/m0/s1. The Balaban J connectivity index is 1.67. The van der Waals surface area contributed by atoms with Crippen LogP contribution in [0.5, 0.6) is 0 Å². The summed E-state index contributed by atoms with van der Waals surface area (Å²) in [5, 5.41) is 16.5. The van der Waals surface area contributed by atoms with Crippen molar-refractivity contribution in [1.29, 1.82) is 0 Å². The Kier molecular flexibility index (Phi) is 5.82. The third kappa shape index (κ3) is 4.76. The normalized spacial score (nSPS) is 21.7. The second kappa shape index (κ2) is 7.83. The van der Waals surface area contributed by atoms with Crippen LogP contribution in [-0.2, 0) is 16.1 Å². The van der Waals surface area contributed by atoms with E-state index in [-0.39, 0.29) is 17.9 Å². The molecule has 2 atom stereocenters. The van der Waals surface area contributed by atoms with Gasteiger partial charge in [0.2, 0.25) is 11.8 Å².